The van der Waals surface area contributed by atoms with Crippen LogP contribution >= 0.6 is 0 Å². The Kier molecular flexibility index (Phi) is 2.56. The minimum absolute atomic E-state index is 0.589. The van der Waals surface area contributed by atoms with Crippen molar-refractivity contribution in [1.82, 2.24) is 24.7 Å². The standard InChI is InChI=1S/C15H14N6/c1-10-14-8-17-4-5-20(14)19-15(10)11-2-3-13-12(6-16)7-18-21(13)9-11/h2-3,7,9,17H,4-5,8H2,1H3. The number of hydrogen-bond donors (Lipinski definition) is 1. The highest BCUT2D eigenvalue weighted by molar-refractivity contribution is 5.68. The van der Waals surface area contributed by atoms with Crippen LogP contribution < -0.4 is 5.32 Å². The van der Waals surface area contributed by atoms with E-state index in [1.165, 1.54) is 11.3 Å². The zero-order chi connectivity index (χ0) is 14.4. The van der Waals surface area contributed by atoms with Gasteiger partial charge in [-0.3, -0.25) is 4.68 Å². The smallest absolute Gasteiger partial charge is 0.103 e. The fourth-order valence-corrected chi connectivity index (χ4v) is 2.87. The molecule has 0 radical (unpaired) electrons. The molecule has 0 fully saturated rings. The molecule has 1 aliphatic rings. The van der Waals surface area contributed by atoms with Gasteiger partial charge >= 0.3 is 0 Å². The molecule has 0 bridgehead atoms. The van der Waals surface area contributed by atoms with E-state index >= 15 is 0 Å². The van der Waals surface area contributed by atoms with Crippen LogP contribution in [0, 0.1) is 18.3 Å². The molecule has 0 saturated heterocycles. The van der Waals surface area contributed by atoms with E-state index in [1.807, 2.05) is 18.3 Å². The normalized spacial score (nSPS) is 14.1. The highest BCUT2D eigenvalue weighted by atomic mass is 15.3. The second-order valence-corrected chi connectivity index (χ2v) is 5.24. The minimum atomic E-state index is 0.589. The van der Waals surface area contributed by atoms with Gasteiger partial charge in [0.25, 0.3) is 0 Å². The number of rotatable bonds is 1. The summed E-state index contributed by atoms with van der Waals surface area (Å²) in [7, 11) is 0. The minimum Gasteiger partial charge on any atom is -0.309 e. The zero-order valence-electron chi connectivity index (χ0n) is 11.7. The number of nitrogens with zero attached hydrogens (tertiary/aromatic N) is 5. The van der Waals surface area contributed by atoms with Gasteiger partial charge in [-0.2, -0.15) is 15.5 Å². The maximum absolute atomic E-state index is 9.04. The van der Waals surface area contributed by atoms with E-state index in [0.717, 1.165) is 36.4 Å². The summed E-state index contributed by atoms with van der Waals surface area (Å²) < 4.78 is 3.82. The Morgan fingerprint density at radius 3 is 3.10 bits per heavy atom. The predicted molar refractivity (Wildman–Crippen MR) is 77.6 cm³/mol. The molecule has 0 aliphatic carbocycles. The van der Waals surface area contributed by atoms with Crippen molar-refractivity contribution < 1.29 is 0 Å². The van der Waals surface area contributed by atoms with Crippen LogP contribution in [0.3, 0.4) is 0 Å². The lowest BCUT2D eigenvalue weighted by atomic mass is 10.1. The fourth-order valence-electron chi connectivity index (χ4n) is 2.87. The molecule has 3 aromatic heterocycles. The third kappa shape index (κ3) is 1.75. The quantitative estimate of drug-likeness (QED) is 0.732. The average Bonchev–Trinajstić information content (AvgIpc) is 3.08. The van der Waals surface area contributed by atoms with Crippen molar-refractivity contribution in [2.75, 3.05) is 6.54 Å². The second-order valence-electron chi connectivity index (χ2n) is 5.24. The number of nitrogens with one attached hydrogen (secondary N) is 1. The summed E-state index contributed by atoms with van der Waals surface area (Å²) >= 11 is 0. The van der Waals surface area contributed by atoms with Gasteiger partial charge in [0.1, 0.15) is 6.07 Å². The Morgan fingerprint density at radius 2 is 2.29 bits per heavy atom. The van der Waals surface area contributed by atoms with Crippen LogP contribution in [0.2, 0.25) is 0 Å². The molecule has 4 heterocycles. The third-order valence-corrected chi connectivity index (χ3v) is 4.02. The Labute approximate surface area is 121 Å². The summed E-state index contributed by atoms with van der Waals surface area (Å²) in [5, 5.41) is 21.4. The molecule has 0 saturated carbocycles. The van der Waals surface area contributed by atoms with Gasteiger partial charge in [0, 0.05) is 24.8 Å². The van der Waals surface area contributed by atoms with Crippen molar-refractivity contribution in [2.24, 2.45) is 0 Å². The summed E-state index contributed by atoms with van der Waals surface area (Å²) in [6.07, 6.45) is 3.53. The van der Waals surface area contributed by atoms with Crippen molar-refractivity contribution in [3.8, 4) is 17.3 Å². The van der Waals surface area contributed by atoms with E-state index in [4.69, 9.17) is 10.4 Å². The van der Waals surface area contributed by atoms with E-state index in [0.29, 0.717) is 5.56 Å². The largest absolute Gasteiger partial charge is 0.309 e. The Hall–Kier alpha value is -2.65. The van der Waals surface area contributed by atoms with E-state index in [9.17, 15) is 0 Å². The molecule has 0 atom stereocenters. The van der Waals surface area contributed by atoms with Crippen molar-refractivity contribution in [3.63, 3.8) is 0 Å². The van der Waals surface area contributed by atoms with Crippen LogP contribution in [-0.4, -0.2) is 25.9 Å². The van der Waals surface area contributed by atoms with Gasteiger partial charge in [-0.15, -0.1) is 0 Å². The van der Waals surface area contributed by atoms with E-state index in [2.05, 4.69) is 28.1 Å². The van der Waals surface area contributed by atoms with Crippen LogP contribution in [0.25, 0.3) is 16.8 Å². The Balaban J connectivity index is 1.87. The van der Waals surface area contributed by atoms with E-state index in [1.54, 1.807) is 10.7 Å². The van der Waals surface area contributed by atoms with Crippen LogP contribution in [0.5, 0.6) is 0 Å². The van der Waals surface area contributed by atoms with Gasteiger partial charge in [0.05, 0.1) is 35.2 Å². The van der Waals surface area contributed by atoms with Gasteiger partial charge in [-0.05, 0) is 24.6 Å². The molecule has 1 N–H and O–H groups in total. The number of aromatic nitrogens is 4. The molecule has 6 heteroatoms. The predicted octanol–water partition coefficient (Wildman–Crippen LogP) is 1.48. The maximum atomic E-state index is 9.04. The van der Waals surface area contributed by atoms with Gasteiger partial charge in [0.2, 0.25) is 0 Å². The highest BCUT2D eigenvalue weighted by Gasteiger charge is 2.18. The van der Waals surface area contributed by atoms with Crippen molar-refractivity contribution in [3.05, 3.63) is 41.3 Å². The summed E-state index contributed by atoms with van der Waals surface area (Å²) in [6.45, 7) is 4.83. The van der Waals surface area contributed by atoms with Crippen LogP contribution in [0.1, 0.15) is 16.8 Å². The molecule has 3 aromatic rings. The molecular weight excluding hydrogens is 264 g/mol. The number of nitriles is 1. The third-order valence-electron chi connectivity index (χ3n) is 4.02. The number of hydrogen-bond acceptors (Lipinski definition) is 4. The number of fused-ring (bicyclic) bond motifs is 2. The topological polar surface area (TPSA) is 70.9 Å². The lowest BCUT2D eigenvalue weighted by Gasteiger charge is -2.14. The van der Waals surface area contributed by atoms with Gasteiger partial charge in [-0.25, -0.2) is 4.52 Å². The zero-order valence-corrected chi connectivity index (χ0v) is 11.7. The summed E-state index contributed by atoms with van der Waals surface area (Å²) in [6, 6.07) is 6.08. The first kappa shape index (κ1) is 12.1. The molecular formula is C15H14N6. The molecule has 104 valence electrons. The van der Waals surface area contributed by atoms with Crippen molar-refractivity contribution in [1.29, 1.82) is 5.26 Å². The molecule has 6 nitrogen and oxygen atoms in total. The maximum Gasteiger partial charge on any atom is 0.103 e. The van der Waals surface area contributed by atoms with Crippen molar-refractivity contribution in [2.45, 2.75) is 20.0 Å². The molecule has 0 aromatic carbocycles. The molecule has 4 rings (SSSR count). The van der Waals surface area contributed by atoms with E-state index < -0.39 is 0 Å². The van der Waals surface area contributed by atoms with Gasteiger partial charge in [-0.1, -0.05) is 0 Å². The lowest BCUT2D eigenvalue weighted by molar-refractivity contribution is 0.475. The Bertz CT molecular complexity index is 880. The van der Waals surface area contributed by atoms with Crippen LogP contribution in [-0.2, 0) is 13.1 Å². The van der Waals surface area contributed by atoms with Crippen molar-refractivity contribution >= 4 is 5.52 Å². The fraction of sp³-hybridized carbons (Fsp3) is 0.267. The highest BCUT2D eigenvalue weighted by Crippen LogP contribution is 2.26. The van der Waals surface area contributed by atoms with Gasteiger partial charge in [0.15, 0.2) is 0 Å². The van der Waals surface area contributed by atoms with Crippen LogP contribution in [0.15, 0.2) is 24.5 Å². The molecule has 21 heavy (non-hydrogen) atoms. The molecule has 1 aliphatic heterocycles. The first-order chi connectivity index (χ1) is 10.3. The summed E-state index contributed by atoms with van der Waals surface area (Å²) in [5.41, 5.74) is 5.87. The molecule has 0 spiro atoms. The SMILES string of the molecule is Cc1c(-c2ccc3c(C#N)cnn3c2)nn2c1CNCC2. The second kappa shape index (κ2) is 4.43. The van der Waals surface area contributed by atoms with E-state index in [-0.39, 0.29) is 0 Å². The van der Waals surface area contributed by atoms with Crippen LogP contribution in [0.4, 0.5) is 0 Å². The summed E-state index contributed by atoms with van der Waals surface area (Å²) in [4.78, 5) is 0. The number of pyridine rings is 1. The first-order valence-electron chi connectivity index (χ1n) is 6.93. The first-order valence-corrected chi connectivity index (χ1v) is 6.93. The summed E-state index contributed by atoms with van der Waals surface area (Å²) in [5.74, 6) is 0. The molecule has 0 unspecified atom stereocenters. The average molecular weight is 278 g/mol. The Morgan fingerprint density at radius 1 is 1.38 bits per heavy atom. The monoisotopic (exact) mass is 278 g/mol. The lowest BCUT2D eigenvalue weighted by Crippen LogP contribution is -2.28. The molecule has 0 amide bonds. The van der Waals surface area contributed by atoms with Gasteiger partial charge < -0.3 is 5.32 Å².